The van der Waals surface area contributed by atoms with Crippen LogP contribution in [-0.4, -0.2) is 37.1 Å². The number of alkyl halides is 3. The van der Waals surface area contributed by atoms with Gasteiger partial charge in [-0.3, -0.25) is 4.79 Å². The van der Waals surface area contributed by atoms with Gasteiger partial charge in [0.05, 0.1) is 17.2 Å². The van der Waals surface area contributed by atoms with Crippen LogP contribution in [0.25, 0.3) is 0 Å². The Morgan fingerprint density at radius 1 is 1.47 bits per heavy atom. The van der Waals surface area contributed by atoms with Crippen molar-refractivity contribution in [1.29, 1.82) is 0 Å². The average molecular weight is 296 g/mol. The highest BCUT2D eigenvalue weighted by Gasteiger charge is 2.33. The number of anilines is 1. The molecule has 1 heterocycles. The molecule has 0 N–H and O–H groups in total. The number of nitrogens with zero attached hydrogens (tertiary/aromatic N) is 2. The van der Waals surface area contributed by atoms with E-state index in [4.69, 9.17) is 4.74 Å². The predicted octanol–water partition coefficient (Wildman–Crippen LogP) is 2.88. The Balaban J connectivity index is 3.06. The Morgan fingerprint density at radius 2 is 2.11 bits per heavy atom. The van der Waals surface area contributed by atoms with Crippen molar-refractivity contribution in [2.75, 3.05) is 18.6 Å². The molecule has 108 valence electrons. The van der Waals surface area contributed by atoms with E-state index in [2.05, 4.69) is 4.98 Å². The Labute approximate surface area is 113 Å². The van der Waals surface area contributed by atoms with Crippen LogP contribution in [0.2, 0.25) is 0 Å². The van der Waals surface area contributed by atoms with Gasteiger partial charge in [0.25, 0.3) is 0 Å². The topological polar surface area (TPSA) is 42.4 Å². The van der Waals surface area contributed by atoms with Crippen molar-refractivity contribution in [1.82, 2.24) is 4.98 Å². The number of carbonyl (C=O) groups is 1. The maximum atomic E-state index is 12.5. The summed E-state index contributed by atoms with van der Waals surface area (Å²) in [5, 5.41) is 0.182. The third kappa shape index (κ3) is 4.46. The second kappa shape index (κ2) is 6.33. The van der Waals surface area contributed by atoms with E-state index in [0.29, 0.717) is 16.9 Å². The Kier molecular flexibility index (Phi) is 5.30. The van der Waals surface area contributed by atoms with Crippen molar-refractivity contribution in [3.63, 3.8) is 0 Å². The molecule has 0 spiro atoms. The van der Waals surface area contributed by atoms with Gasteiger partial charge in [0, 0.05) is 13.2 Å². The molecule has 19 heavy (non-hydrogen) atoms. The molecule has 0 aliphatic heterocycles. The van der Waals surface area contributed by atoms with Gasteiger partial charge in [-0.05, 0) is 13.8 Å². The zero-order chi connectivity index (χ0) is 14.6. The van der Waals surface area contributed by atoms with Gasteiger partial charge in [0.1, 0.15) is 6.54 Å². The number of methoxy groups -OCH3 is 1. The monoisotopic (exact) mass is 296 g/mol. The van der Waals surface area contributed by atoms with Crippen molar-refractivity contribution in [3.8, 4) is 0 Å². The molecule has 4 nitrogen and oxygen atoms in total. The molecule has 1 aromatic heterocycles. The smallest absolute Gasteiger partial charge is 0.378 e. The molecule has 0 amide bonds. The molecule has 0 atom stereocenters. The number of aldehydes is 1. The summed E-state index contributed by atoms with van der Waals surface area (Å²) >= 11 is 0.943. The largest absolute Gasteiger partial charge is 0.406 e. The van der Waals surface area contributed by atoms with Gasteiger partial charge in [-0.1, -0.05) is 11.3 Å². The molecule has 0 aromatic carbocycles. The van der Waals surface area contributed by atoms with Crippen LogP contribution < -0.4 is 4.90 Å². The fourth-order valence-electron chi connectivity index (χ4n) is 1.47. The van der Waals surface area contributed by atoms with Crippen LogP contribution in [0, 0.1) is 0 Å². The van der Waals surface area contributed by atoms with Crippen molar-refractivity contribution >= 4 is 22.8 Å². The molecule has 0 saturated carbocycles. The molecular weight excluding hydrogens is 281 g/mol. The molecule has 0 fully saturated rings. The highest BCUT2D eigenvalue weighted by Crippen LogP contribution is 2.30. The fourth-order valence-corrected chi connectivity index (χ4v) is 2.49. The van der Waals surface area contributed by atoms with E-state index in [0.717, 1.165) is 16.2 Å². The van der Waals surface area contributed by atoms with Gasteiger partial charge >= 0.3 is 6.18 Å². The van der Waals surface area contributed by atoms with Gasteiger partial charge < -0.3 is 9.64 Å². The summed E-state index contributed by atoms with van der Waals surface area (Å²) in [6.45, 7) is 2.29. The maximum absolute atomic E-state index is 12.5. The van der Waals surface area contributed by atoms with Crippen LogP contribution >= 0.6 is 11.3 Å². The zero-order valence-corrected chi connectivity index (χ0v) is 11.6. The Hall–Kier alpha value is -1.15. The standard InChI is InChI=1S/C11H15F3N2O2S/c1-7(2)16(6-11(12,13)14)10-15-8(5-18-3)9(4-17)19-10/h4,7H,5-6H2,1-3H3. The minimum atomic E-state index is -4.32. The van der Waals surface area contributed by atoms with Crippen LogP contribution in [0.1, 0.15) is 29.2 Å². The first kappa shape index (κ1) is 15.9. The summed E-state index contributed by atoms with van der Waals surface area (Å²) in [4.78, 5) is 16.3. The average Bonchev–Trinajstić information content (AvgIpc) is 2.68. The van der Waals surface area contributed by atoms with E-state index in [1.807, 2.05) is 0 Å². The summed E-state index contributed by atoms with van der Waals surface area (Å²) in [6, 6.07) is -0.373. The third-order valence-corrected chi connectivity index (χ3v) is 3.38. The van der Waals surface area contributed by atoms with Crippen LogP contribution in [0.3, 0.4) is 0 Å². The molecule has 1 rings (SSSR count). The highest BCUT2D eigenvalue weighted by molar-refractivity contribution is 7.17. The number of carbonyl (C=O) groups excluding carboxylic acids is 1. The van der Waals surface area contributed by atoms with Gasteiger partial charge in [-0.2, -0.15) is 13.2 Å². The van der Waals surface area contributed by atoms with E-state index in [-0.39, 0.29) is 17.8 Å². The van der Waals surface area contributed by atoms with Gasteiger partial charge in [0.15, 0.2) is 11.4 Å². The van der Waals surface area contributed by atoms with E-state index in [9.17, 15) is 18.0 Å². The van der Waals surface area contributed by atoms with E-state index >= 15 is 0 Å². The van der Waals surface area contributed by atoms with Gasteiger partial charge in [0.2, 0.25) is 0 Å². The summed E-state index contributed by atoms with van der Waals surface area (Å²) in [6.07, 6.45) is -3.74. The number of aromatic nitrogens is 1. The van der Waals surface area contributed by atoms with Crippen molar-refractivity contribution < 1.29 is 22.7 Å². The molecule has 0 radical (unpaired) electrons. The molecule has 0 unspecified atom stereocenters. The number of rotatable bonds is 6. The van der Waals surface area contributed by atoms with Gasteiger partial charge in [-0.15, -0.1) is 0 Å². The first-order valence-electron chi connectivity index (χ1n) is 5.55. The Bertz CT molecular complexity index is 432. The molecule has 1 aromatic rings. The molecule has 0 bridgehead atoms. The number of ether oxygens (including phenoxy) is 1. The summed E-state index contributed by atoms with van der Waals surface area (Å²) < 4.78 is 42.5. The molecule has 8 heteroatoms. The third-order valence-electron chi connectivity index (χ3n) is 2.32. The number of halogens is 3. The molecular formula is C11H15F3N2O2S. The normalized spacial score (nSPS) is 11.9. The van der Waals surface area contributed by atoms with Crippen LogP contribution in [0.5, 0.6) is 0 Å². The number of thiazole rings is 1. The van der Waals surface area contributed by atoms with Gasteiger partial charge in [-0.25, -0.2) is 4.98 Å². The summed E-state index contributed by atoms with van der Waals surface area (Å²) in [5.74, 6) is 0. The lowest BCUT2D eigenvalue weighted by Gasteiger charge is -2.27. The summed E-state index contributed by atoms with van der Waals surface area (Å²) in [7, 11) is 1.43. The zero-order valence-electron chi connectivity index (χ0n) is 10.8. The predicted molar refractivity (Wildman–Crippen MR) is 66.8 cm³/mol. The first-order chi connectivity index (χ1) is 8.78. The lowest BCUT2D eigenvalue weighted by Crippen LogP contribution is -2.39. The fraction of sp³-hybridized carbons (Fsp3) is 0.636. The highest BCUT2D eigenvalue weighted by atomic mass is 32.1. The number of hydrogen-bond donors (Lipinski definition) is 0. The molecule has 0 saturated heterocycles. The van der Waals surface area contributed by atoms with E-state index in [1.54, 1.807) is 13.8 Å². The van der Waals surface area contributed by atoms with Crippen LogP contribution in [0.4, 0.5) is 18.3 Å². The molecule has 0 aliphatic carbocycles. The second-order valence-corrected chi connectivity index (χ2v) is 5.20. The van der Waals surface area contributed by atoms with E-state index in [1.165, 1.54) is 7.11 Å². The molecule has 0 aliphatic rings. The quantitative estimate of drug-likeness (QED) is 0.757. The first-order valence-corrected chi connectivity index (χ1v) is 6.37. The minimum absolute atomic E-state index is 0.0997. The Morgan fingerprint density at radius 3 is 2.53 bits per heavy atom. The van der Waals surface area contributed by atoms with E-state index < -0.39 is 12.7 Å². The summed E-state index contributed by atoms with van der Waals surface area (Å²) in [5.41, 5.74) is 0.366. The van der Waals surface area contributed by atoms with Crippen LogP contribution in [-0.2, 0) is 11.3 Å². The van der Waals surface area contributed by atoms with Crippen LogP contribution in [0.15, 0.2) is 0 Å². The van der Waals surface area contributed by atoms with Crippen molar-refractivity contribution in [3.05, 3.63) is 10.6 Å². The lowest BCUT2D eigenvalue weighted by molar-refractivity contribution is -0.120. The maximum Gasteiger partial charge on any atom is 0.406 e. The SMILES string of the molecule is COCc1nc(N(CC(F)(F)F)C(C)C)sc1C=O. The lowest BCUT2D eigenvalue weighted by atomic mass is 10.3. The minimum Gasteiger partial charge on any atom is -0.378 e. The van der Waals surface area contributed by atoms with Crippen molar-refractivity contribution in [2.45, 2.75) is 32.7 Å². The number of hydrogen-bond acceptors (Lipinski definition) is 5. The van der Waals surface area contributed by atoms with Crippen molar-refractivity contribution in [2.24, 2.45) is 0 Å². The second-order valence-electron chi connectivity index (χ2n) is 4.20.